The topological polar surface area (TPSA) is 60.2 Å². The number of likely N-dealkylation sites (N-methyl/N-ethyl adjacent to an activating group) is 1. The lowest BCUT2D eigenvalue weighted by Gasteiger charge is -2.05. The van der Waals surface area contributed by atoms with Crippen molar-refractivity contribution in [3.8, 4) is 5.75 Å². The molecule has 5 nitrogen and oxygen atoms in total. The zero-order valence-electron chi connectivity index (χ0n) is 11.6. The molecule has 0 fully saturated rings. The molecule has 116 valence electrons. The third-order valence-electron chi connectivity index (χ3n) is 2.74. The van der Waals surface area contributed by atoms with Crippen LogP contribution in [0.3, 0.4) is 0 Å². The molecule has 0 radical (unpaired) electrons. The lowest BCUT2D eigenvalue weighted by atomic mass is 10.2. The second kappa shape index (κ2) is 8.31. The monoisotopic (exact) mass is 379 g/mol. The second-order valence-corrected chi connectivity index (χ2v) is 5.22. The molecule has 0 aliphatic rings. The zero-order valence-corrected chi connectivity index (χ0v) is 14.0. The fraction of sp³-hybridized carbons (Fsp3) is 0.385. The van der Waals surface area contributed by atoms with Gasteiger partial charge in [-0.15, -0.1) is 12.4 Å². The number of halogens is 3. The van der Waals surface area contributed by atoms with Crippen molar-refractivity contribution in [2.75, 3.05) is 7.05 Å². The number of ether oxygens (including phenoxy) is 1. The Balaban J connectivity index is 0.00000220. The van der Waals surface area contributed by atoms with Crippen LogP contribution >= 0.6 is 28.3 Å². The van der Waals surface area contributed by atoms with Gasteiger partial charge >= 0.3 is 0 Å². The quantitative estimate of drug-likeness (QED) is 0.834. The predicted octanol–water partition coefficient (Wildman–Crippen LogP) is 3.12. The van der Waals surface area contributed by atoms with Crippen LogP contribution in [0.15, 0.2) is 27.2 Å². The maximum absolute atomic E-state index is 12.9. The minimum Gasteiger partial charge on any atom is -0.483 e. The van der Waals surface area contributed by atoms with Crippen molar-refractivity contribution < 1.29 is 13.7 Å². The van der Waals surface area contributed by atoms with Crippen molar-refractivity contribution in [3.05, 3.63) is 40.2 Å². The average molecular weight is 381 g/mol. The van der Waals surface area contributed by atoms with Crippen molar-refractivity contribution in [3.63, 3.8) is 0 Å². The van der Waals surface area contributed by atoms with Crippen LogP contribution in [0.2, 0.25) is 0 Å². The van der Waals surface area contributed by atoms with Gasteiger partial charge in [-0.25, -0.2) is 4.39 Å². The largest absolute Gasteiger partial charge is 0.483 e. The minimum atomic E-state index is -0.328. The summed E-state index contributed by atoms with van der Waals surface area (Å²) >= 11 is 3.23. The first-order chi connectivity index (χ1) is 9.58. The molecule has 0 bridgehead atoms. The molecule has 1 heterocycles. The van der Waals surface area contributed by atoms with E-state index in [1.54, 1.807) is 6.07 Å². The first-order valence-corrected chi connectivity index (χ1v) is 6.94. The highest BCUT2D eigenvalue weighted by atomic mass is 79.9. The molecule has 0 saturated heterocycles. The van der Waals surface area contributed by atoms with E-state index in [0.29, 0.717) is 28.4 Å². The molecule has 8 heteroatoms. The van der Waals surface area contributed by atoms with E-state index in [-0.39, 0.29) is 30.9 Å². The van der Waals surface area contributed by atoms with E-state index in [1.165, 1.54) is 12.1 Å². The molecule has 0 spiro atoms. The van der Waals surface area contributed by atoms with E-state index in [0.717, 1.165) is 0 Å². The number of nitrogens with zero attached hydrogens (tertiary/aromatic N) is 2. The molecule has 1 aromatic carbocycles. The molecule has 1 atom stereocenters. The smallest absolute Gasteiger partial charge is 0.264 e. The van der Waals surface area contributed by atoms with Crippen LogP contribution in [0.4, 0.5) is 4.39 Å². The molecule has 2 aromatic rings. The van der Waals surface area contributed by atoms with E-state index in [1.807, 2.05) is 14.0 Å². The first-order valence-electron chi connectivity index (χ1n) is 6.15. The maximum Gasteiger partial charge on any atom is 0.264 e. The third kappa shape index (κ3) is 5.26. The zero-order chi connectivity index (χ0) is 14.5. The van der Waals surface area contributed by atoms with Crippen LogP contribution in [0, 0.1) is 5.82 Å². The summed E-state index contributed by atoms with van der Waals surface area (Å²) in [5.74, 6) is 1.21. The summed E-state index contributed by atoms with van der Waals surface area (Å²) in [6, 6.07) is 4.48. The van der Waals surface area contributed by atoms with Gasteiger partial charge in [0.15, 0.2) is 12.4 Å². The number of rotatable bonds is 6. The van der Waals surface area contributed by atoms with Crippen LogP contribution in [-0.2, 0) is 13.0 Å². The predicted molar refractivity (Wildman–Crippen MR) is 82.2 cm³/mol. The highest BCUT2D eigenvalue weighted by molar-refractivity contribution is 9.10. The molecule has 0 aliphatic heterocycles. The van der Waals surface area contributed by atoms with Crippen molar-refractivity contribution in [1.82, 2.24) is 15.5 Å². The summed E-state index contributed by atoms with van der Waals surface area (Å²) in [5.41, 5.74) is 0. The number of aromatic nitrogens is 2. The lowest BCUT2D eigenvalue weighted by molar-refractivity contribution is 0.241. The fourth-order valence-electron chi connectivity index (χ4n) is 1.54. The summed E-state index contributed by atoms with van der Waals surface area (Å²) in [7, 11) is 1.88. The van der Waals surface area contributed by atoms with Crippen molar-refractivity contribution >= 4 is 28.3 Å². The molecule has 21 heavy (non-hydrogen) atoms. The molecular weight excluding hydrogens is 365 g/mol. The Morgan fingerprint density at radius 2 is 2.24 bits per heavy atom. The van der Waals surface area contributed by atoms with Crippen molar-refractivity contribution in [1.29, 1.82) is 0 Å². The Morgan fingerprint density at radius 1 is 1.48 bits per heavy atom. The molecule has 1 N–H and O–H groups in total. The van der Waals surface area contributed by atoms with E-state index >= 15 is 0 Å². The van der Waals surface area contributed by atoms with Gasteiger partial charge in [0.25, 0.3) is 5.89 Å². The summed E-state index contributed by atoms with van der Waals surface area (Å²) < 4.78 is 24.1. The van der Waals surface area contributed by atoms with E-state index in [9.17, 15) is 4.39 Å². The Hall–Kier alpha value is -1.18. The highest BCUT2D eigenvalue weighted by Gasteiger charge is 2.11. The summed E-state index contributed by atoms with van der Waals surface area (Å²) in [6.45, 7) is 2.17. The van der Waals surface area contributed by atoms with Crippen LogP contribution in [0.5, 0.6) is 5.75 Å². The Morgan fingerprint density at radius 3 is 2.90 bits per heavy atom. The third-order valence-corrected chi connectivity index (χ3v) is 3.36. The number of benzene rings is 1. The van der Waals surface area contributed by atoms with Gasteiger partial charge in [-0.2, -0.15) is 4.98 Å². The molecule has 2 rings (SSSR count). The van der Waals surface area contributed by atoms with Gasteiger partial charge in [0.05, 0.1) is 4.47 Å². The second-order valence-electron chi connectivity index (χ2n) is 4.36. The van der Waals surface area contributed by atoms with Gasteiger partial charge in [0.1, 0.15) is 11.6 Å². The van der Waals surface area contributed by atoms with Gasteiger partial charge in [-0.05, 0) is 48.1 Å². The molecular formula is C13H16BrClFN3O2. The first kappa shape index (κ1) is 17.9. The minimum absolute atomic E-state index is 0. The normalized spacial score (nSPS) is 11.8. The number of nitrogens with one attached hydrogen (secondary N) is 1. The van der Waals surface area contributed by atoms with Gasteiger partial charge < -0.3 is 14.6 Å². The molecule has 1 unspecified atom stereocenters. The summed E-state index contributed by atoms with van der Waals surface area (Å²) in [5, 5.41) is 6.97. The molecule has 0 amide bonds. The fourth-order valence-corrected chi connectivity index (χ4v) is 2.00. The SMILES string of the molecule is CNC(C)Cc1noc(COc2ccc(F)cc2Br)n1.Cl. The van der Waals surface area contributed by atoms with Gasteiger partial charge in [0.2, 0.25) is 0 Å². The Kier molecular flexibility index (Phi) is 7.07. The highest BCUT2D eigenvalue weighted by Crippen LogP contribution is 2.26. The van der Waals surface area contributed by atoms with Gasteiger partial charge in [0, 0.05) is 12.5 Å². The number of hydrogen-bond acceptors (Lipinski definition) is 5. The van der Waals surface area contributed by atoms with Crippen LogP contribution in [0.25, 0.3) is 0 Å². The summed E-state index contributed by atoms with van der Waals surface area (Å²) in [4.78, 5) is 4.23. The van der Waals surface area contributed by atoms with E-state index in [2.05, 4.69) is 31.4 Å². The van der Waals surface area contributed by atoms with Gasteiger partial charge in [-0.1, -0.05) is 5.16 Å². The van der Waals surface area contributed by atoms with E-state index in [4.69, 9.17) is 9.26 Å². The standard InChI is InChI=1S/C13H15BrFN3O2.ClH/c1-8(16-2)5-12-17-13(20-18-12)7-19-11-4-3-9(15)6-10(11)14;/h3-4,6,8,16H,5,7H2,1-2H3;1H. The van der Waals surface area contributed by atoms with Crippen LogP contribution in [0.1, 0.15) is 18.6 Å². The Bertz CT molecular complexity index is 582. The molecule has 0 saturated carbocycles. The van der Waals surface area contributed by atoms with Gasteiger partial charge in [-0.3, -0.25) is 0 Å². The summed E-state index contributed by atoms with van der Waals surface area (Å²) in [6.07, 6.45) is 0.681. The molecule has 1 aromatic heterocycles. The van der Waals surface area contributed by atoms with E-state index < -0.39 is 0 Å². The van der Waals surface area contributed by atoms with Crippen LogP contribution < -0.4 is 10.1 Å². The molecule has 0 aliphatic carbocycles. The average Bonchev–Trinajstić information content (AvgIpc) is 2.85. The van der Waals surface area contributed by atoms with Crippen molar-refractivity contribution in [2.45, 2.75) is 26.0 Å². The van der Waals surface area contributed by atoms with Crippen LogP contribution in [-0.4, -0.2) is 23.2 Å². The maximum atomic E-state index is 12.9. The van der Waals surface area contributed by atoms with Crippen molar-refractivity contribution in [2.24, 2.45) is 0 Å². The lowest BCUT2D eigenvalue weighted by Crippen LogP contribution is -2.24. The number of hydrogen-bond donors (Lipinski definition) is 1. The Labute approximate surface area is 136 Å².